The van der Waals surface area contributed by atoms with Crippen LogP contribution in [0.25, 0.3) is 0 Å². The molecule has 1 aromatic carbocycles. The lowest BCUT2D eigenvalue weighted by molar-refractivity contribution is 0.197. The highest BCUT2D eigenvalue weighted by atomic mass is 35.5. The minimum Gasteiger partial charge on any atom is -0.383 e. The van der Waals surface area contributed by atoms with Crippen molar-refractivity contribution >= 4 is 23.2 Å². The molecular formula is C16H25Cl2NO. The van der Waals surface area contributed by atoms with Crippen molar-refractivity contribution in [3.05, 3.63) is 33.8 Å². The average molecular weight is 318 g/mol. The standard InChI is InChI=1S/C16H25Cl2NO/c1-12(2)9-13(11-19-7-8-20-3)10-14-15(17)5-4-6-16(14)18/h4-6,12-13,19H,7-11H2,1-3H3. The second-order valence-corrected chi connectivity index (χ2v) is 6.41. The summed E-state index contributed by atoms with van der Waals surface area (Å²) in [5.74, 6) is 1.19. The summed E-state index contributed by atoms with van der Waals surface area (Å²) in [5.41, 5.74) is 1.06. The van der Waals surface area contributed by atoms with E-state index in [1.807, 2.05) is 18.2 Å². The Hall–Kier alpha value is -0.280. The van der Waals surface area contributed by atoms with Crippen LogP contribution in [-0.2, 0) is 11.2 Å². The lowest BCUT2D eigenvalue weighted by Crippen LogP contribution is -2.28. The molecule has 0 saturated carbocycles. The van der Waals surface area contributed by atoms with Crippen molar-refractivity contribution in [2.45, 2.75) is 26.7 Å². The monoisotopic (exact) mass is 317 g/mol. The van der Waals surface area contributed by atoms with Gasteiger partial charge in [-0.15, -0.1) is 0 Å². The van der Waals surface area contributed by atoms with E-state index >= 15 is 0 Å². The van der Waals surface area contributed by atoms with Crippen LogP contribution in [0.2, 0.25) is 10.0 Å². The van der Waals surface area contributed by atoms with Gasteiger partial charge >= 0.3 is 0 Å². The highest BCUT2D eigenvalue weighted by Gasteiger charge is 2.15. The number of ether oxygens (including phenoxy) is 1. The summed E-state index contributed by atoms with van der Waals surface area (Å²) in [6, 6.07) is 5.71. The molecule has 0 aromatic heterocycles. The fourth-order valence-electron chi connectivity index (χ4n) is 2.40. The summed E-state index contributed by atoms with van der Waals surface area (Å²) in [6.07, 6.45) is 2.07. The average Bonchev–Trinajstić information content (AvgIpc) is 2.38. The predicted octanol–water partition coefficient (Wildman–Crippen LogP) is 4.43. The van der Waals surface area contributed by atoms with Gasteiger partial charge in [-0.2, -0.15) is 0 Å². The molecule has 1 atom stereocenters. The van der Waals surface area contributed by atoms with Crippen molar-refractivity contribution in [3.63, 3.8) is 0 Å². The normalized spacial score (nSPS) is 12.9. The Morgan fingerprint density at radius 3 is 2.40 bits per heavy atom. The molecule has 2 nitrogen and oxygen atoms in total. The van der Waals surface area contributed by atoms with E-state index in [-0.39, 0.29) is 0 Å². The summed E-state index contributed by atoms with van der Waals surface area (Å²) < 4.78 is 5.06. The molecular weight excluding hydrogens is 293 g/mol. The first-order valence-electron chi connectivity index (χ1n) is 7.17. The zero-order valence-electron chi connectivity index (χ0n) is 12.6. The molecule has 0 spiro atoms. The maximum absolute atomic E-state index is 6.27. The Bertz CT molecular complexity index is 376. The zero-order valence-corrected chi connectivity index (χ0v) is 14.1. The number of halogens is 2. The molecule has 1 rings (SSSR count). The Balaban J connectivity index is 2.63. The molecule has 1 aromatic rings. The maximum Gasteiger partial charge on any atom is 0.0587 e. The van der Waals surface area contributed by atoms with Gasteiger partial charge in [0, 0.05) is 23.7 Å². The van der Waals surface area contributed by atoms with Gasteiger partial charge in [0.2, 0.25) is 0 Å². The first-order chi connectivity index (χ1) is 9.54. The third-order valence-electron chi connectivity index (χ3n) is 3.28. The quantitative estimate of drug-likeness (QED) is 0.680. The van der Waals surface area contributed by atoms with Crippen LogP contribution in [0.1, 0.15) is 25.8 Å². The number of hydrogen-bond donors (Lipinski definition) is 1. The minimum atomic E-state index is 0.532. The van der Waals surface area contributed by atoms with Crippen molar-refractivity contribution in [2.24, 2.45) is 11.8 Å². The van der Waals surface area contributed by atoms with E-state index in [9.17, 15) is 0 Å². The van der Waals surface area contributed by atoms with Crippen LogP contribution in [-0.4, -0.2) is 26.8 Å². The molecule has 0 amide bonds. The van der Waals surface area contributed by atoms with Crippen molar-refractivity contribution in [2.75, 3.05) is 26.8 Å². The maximum atomic E-state index is 6.27. The fourth-order valence-corrected chi connectivity index (χ4v) is 2.95. The summed E-state index contributed by atoms with van der Waals surface area (Å²) in [7, 11) is 1.72. The first kappa shape index (κ1) is 17.8. The summed E-state index contributed by atoms with van der Waals surface area (Å²) in [5, 5.41) is 4.97. The third kappa shape index (κ3) is 6.45. The number of benzene rings is 1. The van der Waals surface area contributed by atoms with E-state index in [0.29, 0.717) is 11.8 Å². The summed E-state index contributed by atoms with van der Waals surface area (Å²) in [6.45, 7) is 7.07. The third-order valence-corrected chi connectivity index (χ3v) is 3.98. The van der Waals surface area contributed by atoms with Crippen LogP contribution in [0.4, 0.5) is 0 Å². The highest BCUT2D eigenvalue weighted by Crippen LogP contribution is 2.28. The van der Waals surface area contributed by atoms with Gasteiger partial charge in [0.15, 0.2) is 0 Å². The van der Waals surface area contributed by atoms with Gasteiger partial charge in [-0.1, -0.05) is 43.1 Å². The van der Waals surface area contributed by atoms with Gasteiger partial charge in [0.1, 0.15) is 0 Å². The zero-order chi connectivity index (χ0) is 15.0. The molecule has 0 aliphatic heterocycles. The Morgan fingerprint density at radius 2 is 1.85 bits per heavy atom. The lowest BCUT2D eigenvalue weighted by atomic mass is 9.91. The topological polar surface area (TPSA) is 21.3 Å². The Morgan fingerprint density at radius 1 is 1.20 bits per heavy atom. The Labute approximate surface area is 132 Å². The van der Waals surface area contributed by atoms with Gasteiger partial charge in [0.05, 0.1) is 6.61 Å². The van der Waals surface area contributed by atoms with Gasteiger partial charge in [-0.25, -0.2) is 0 Å². The van der Waals surface area contributed by atoms with Gasteiger partial charge in [-0.3, -0.25) is 0 Å². The van der Waals surface area contributed by atoms with E-state index in [1.165, 1.54) is 0 Å². The SMILES string of the molecule is COCCNCC(Cc1c(Cl)cccc1Cl)CC(C)C. The van der Waals surface area contributed by atoms with Crippen molar-refractivity contribution < 1.29 is 4.74 Å². The minimum absolute atomic E-state index is 0.532. The van der Waals surface area contributed by atoms with Gasteiger partial charge < -0.3 is 10.1 Å². The molecule has 20 heavy (non-hydrogen) atoms. The van der Waals surface area contributed by atoms with Crippen LogP contribution in [0.5, 0.6) is 0 Å². The van der Waals surface area contributed by atoms with Crippen LogP contribution in [0.3, 0.4) is 0 Å². The molecule has 0 bridgehead atoms. The van der Waals surface area contributed by atoms with Crippen LogP contribution >= 0.6 is 23.2 Å². The number of rotatable bonds is 9. The van der Waals surface area contributed by atoms with Crippen molar-refractivity contribution in [1.82, 2.24) is 5.32 Å². The van der Waals surface area contributed by atoms with E-state index in [1.54, 1.807) is 7.11 Å². The molecule has 1 N–H and O–H groups in total. The largest absolute Gasteiger partial charge is 0.383 e. The van der Waals surface area contributed by atoms with E-state index in [4.69, 9.17) is 27.9 Å². The number of hydrogen-bond acceptors (Lipinski definition) is 2. The molecule has 0 heterocycles. The van der Waals surface area contributed by atoms with Crippen LogP contribution in [0.15, 0.2) is 18.2 Å². The van der Waals surface area contributed by atoms with Crippen LogP contribution < -0.4 is 5.32 Å². The second-order valence-electron chi connectivity index (χ2n) is 5.60. The second kappa shape index (κ2) is 9.62. The molecule has 1 unspecified atom stereocenters. The molecule has 0 saturated heterocycles. The van der Waals surface area contributed by atoms with E-state index < -0.39 is 0 Å². The molecule has 0 radical (unpaired) electrons. The van der Waals surface area contributed by atoms with Gasteiger partial charge in [-0.05, 0) is 48.9 Å². The van der Waals surface area contributed by atoms with Crippen LogP contribution in [0, 0.1) is 11.8 Å². The predicted molar refractivity (Wildman–Crippen MR) is 87.9 cm³/mol. The Kier molecular flexibility index (Phi) is 8.55. The molecule has 4 heteroatoms. The van der Waals surface area contributed by atoms with Crippen molar-refractivity contribution in [3.8, 4) is 0 Å². The smallest absolute Gasteiger partial charge is 0.0587 e. The molecule has 114 valence electrons. The van der Waals surface area contributed by atoms with Crippen molar-refractivity contribution in [1.29, 1.82) is 0 Å². The van der Waals surface area contributed by atoms with E-state index in [2.05, 4.69) is 19.2 Å². The van der Waals surface area contributed by atoms with E-state index in [0.717, 1.165) is 48.1 Å². The molecule has 0 fully saturated rings. The summed E-state index contributed by atoms with van der Waals surface area (Å²) in [4.78, 5) is 0. The lowest BCUT2D eigenvalue weighted by Gasteiger charge is -2.21. The number of nitrogens with one attached hydrogen (secondary N) is 1. The fraction of sp³-hybridized carbons (Fsp3) is 0.625. The molecule has 0 aliphatic rings. The first-order valence-corrected chi connectivity index (χ1v) is 7.92. The summed E-state index contributed by atoms with van der Waals surface area (Å²) >= 11 is 12.5. The molecule has 0 aliphatic carbocycles. The van der Waals surface area contributed by atoms with Gasteiger partial charge in [0.25, 0.3) is 0 Å². The highest BCUT2D eigenvalue weighted by molar-refractivity contribution is 6.35. The number of methoxy groups -OCH3 is 1.